The van der Waals surface area contributed by atoms with Crippen LogP contribution in [-0.4, -0.2) is 12.4 Å². The van der Waals surface area contributed by atoms with Gasteiger partial charge in [-0.05, 0) is 17.5 Å². The molecule has 0 bridgehead atoms. The first-order valence-electron chi connectivity index (χ1n) is 6.62. The molecule has 2 nitrogen and oxygen atoms in total. The van der Waals surface area contributed by atoms with Gasteiger partial charge in [-0.1, -0.05) is 54.6 Å². The Morgan fingerprint density at radius 3 is 2.63 bits per heavy atom. The van der Waals surface area contributed by atoms with Crippen LogP contribution in [-0.2, 0) is 11.2 Å². The molecule has 2 heteroatoms. The minimum Gasteiger partial charge on any atom is -0.373 e. The Balaban J connectivity index is 1.80. The number of benzene rings is 2. The summed E-state index contributed by atoms with van der Waals surface area (Å²) in [6, 6.07) is 17.7. The molecule has 3 rings (SSSR count). The predicted molar refractivity (Wildman–Crippen MR) is 74.2 cm³/mol. The van der Waals surface area contributed by atoms with Crippen LogP contribution >= 0.6 is 0 Å². The maximum absolute atomic E-state index is 12.2. The van der Waals surface area contributed by atoms with Crippen LogP contribution in [0.25, 0.3) is 0 Å². The largest absolute Gasteiger partial charge is 0.373 e. The molecular formula is C17H16O2. The molecule has 0 aromatic heterocycles. The summed E-state index contributed by atoms with van der Waals surface area (Å²) in [5.74, 6) is 0.141. The van der Waals surface area contributed by atoms with Gasteiger partial charge in [-0.2, -0.15) is 0 Å². The number of carbonyl (C=O) groups is 1. The molecular weight excluding hydrogens is 236 g/mol. The molecule has 19 heavy (non-hydrogen) atoms. The summed E-state index contributed by atoms with van der Waals surface area (Å²) in [6.07, 6.45) is 1.25. The zero-order valence-electron chi connectivity index (χ0n) is 10.7. The van der Waals surface area contributed by atoms with Crippen molar-refractivity contribution in [3.05, 3.63) is 71.3 Å². The first-order chi connectivity index (χ1) is 9.34. The Hall–Kier alpha value is -1.93. The number of ketones is 1. The second kappa shape index (κ2) is 5.37. The van der Waals surface area contributed by atoms with Crippen LogP contribution in [0.1, 0.15) is 34.0 Å². The molecule has 1 heterocycles. The maximum Gasteiger partial charge on any atom is 0.165 e. The molecule has 2 aromatic carbocycles. The van der Waals surface area contributed by atoms with E-state index < -0.39 is 0 Å². The van der Waals surface area contributed by atoms with E-state index >= 15 is 0 Å². The molecule has 1 aliphatic rings. The van der Waals surface area contributed by atoms with E-state index in [2.05, 4.69) is 12.1 Å². The number of ether oxygens (including phenoxy) is 1. The Bertz CT molecular complexity index is 575. The van der Waals surface area contributed by atoms with Crippen molar-refractivity contribution >= 4 is 5.78 Å². The van der Waals surface area contributed by atoms with Crippen molar-refractivity contribution in [2.24, 2.45) is 0 Å². The van der Waals surface area contributed by atoms with Crippen molar-refractivity contribution in [3.63, 3.8) is 0 Å². The Kier molecular flexibility index (Phi) is 3.43. The van der Waals surface area contributed by atoms with Crippen molar-refractivity contribution in [3.8, 4) is 0 Å². The minimum absolute atomic E-state index is 0.0994. The number of carbonyl (C=O) groups excluding carboxylic acids is 1. The van der Waals surface area contributed by atoms with Gasteiger partial charge in [-0.15, -0.1) is 0 Å². The number of rotatable bonds is 3. The first kappa shape index (κ1) is 12.1. The minimum atomic E-state index is -0.0994. The molecule has 0 saturated carbocycles. The van der Waals surface area contributed by atoms with Crippen molar-refractivity contribution in [1.82, 2.24) is 0 Å². The Morgan fingerprint density at radius 2 is 1.79 bits per heavy atom. The van der Waals surface area contributed by atoms with E-state index in [0.29, 0.717) is 13.0 Å². The summed E-state index contributed by atoms with van der Waals surface area (Å²) < 4.78 is 5.78. The molecule has 2 aromatic rings. The van der Waals surface area contributed by atoms with Gasteiger partial charge in [0.2, 0.25) is 0 Å². The van der Waals surface area contributed by atoms with Gasteiger partial charge in [-0.25, -0.2) is 0 Å². The predicted octanol–water partition coefficient (Wildman–Crippen LogP) is 3.57. The average Bonchev–Trinajstić information content (AvgIpc) is 2.48. The number of fused-ring (bicyclic) bond motifs is 1. The van der Waals surface area contributed by atoms with Crippen LogP contribution in [0, 0.1) is 0 Å². The maximum atomic E-state index is 12.2. The molecule has 0 unspecified atom stereocenters. The van der Waals surface area contributed by atoms with E-state index in [9.17, 15) is 4.79 Å². The summed E-state index contributed by atoms with van der Waals surface area (Å²) in [7, 11) is 0. The highest BCUT2D eigenvalue weighted by atomic mass is 16.5. The molecule has 0 saturated heterocycles. The normalized spacial score (nSPS) is 17.8. The lowest BCUT2D eigenvalue weighted by Crippen LogP contribution is -2.19. The van der Waals surface area contributed by atoms with Gasteiger partial charge in [0.05, 0.1) is 12.7 Å². The summed E-state index contributed by atoms with van der Waals surface area (Å²) >= 11 is 0. The van der Waals surface area contributed by atoms with E-state index in [1.54, 1.807) is 0 Å². The van der Waals surface area contributed by atoms with E-state index in [1.807, 2.05) is 42.5 Å². The van der Waals surface area contributed by atoms with E-state index in [0.717, 1.165) is 17.5 Å². The summed E-state index contributed by atoms with van der Waals surface area (Å²) in [6.45, 7) is 0.698. The zero-order valence-corrected chi connectivity index (χ0v) is 10.7. The Morgan fingerprint density at radius 1 is 1.05 bits per heavy atom. The zero-order chi connectivity index (χ0) is 13.1. The fourth-order valence-electron chi connectivity index (χ4n) is 2.56. The van der Waals surface area contributed by atoms with Crippen LogP contribution in [0.2, 0.25) is 0 Å². The van der Waals surface area contributed by atoms with E-state index in [1.165, 1.54) is 5.56 Å². The lowest BCUT2D eigenvalue weighted by atomic mass is 9.93. The lowest BCUT2D eigenvalue weighted by molar-refractivity contribution is 0.0352. The lowest BCUT2D eigenvalue weighted by Gasteiger charge is -2.25. The van der Waals surface area contributed by atoms with Crippen LogP contribution < -0.4 is 0 Å². The molecule has 0 radical (unpaired) electrons. The average molecular weight is 252 g/mol. The van der Waals surface area contributed by atoms with Crippen LogP contribution in [0.4, 0.5) is 0 Å². The quantitative estimate of drug-likeness (QED) is 0.780. The highest BCUT2D eigenvalue weighted by Gasteiger charge is 2.23. The molecule has 0 fully saturated rings. The van der Waals surface area contributed by atoms with Gasteiger partial charge in [0.1, 0.15) is 0 Å². The fraction of sp³-hybridized carbons (Fsp3) is 0.235. The van der Waals surface area contributed by atoms with Gasteiger partial charge in [0.25, 0.3) is 0 Å². The monoisotopic (exact) mass is 252 g/mol. The van der Waals surface area contributed by atoms with Crippen molar-refractivity contribution in [2.75, 3.05) is 6.61 Å². The number of hydrogen-bond donors (Lipinski definition) is 0. The smallest absolute Gasteiger partial charge is 0.165 e. The number of Topliss-reactive ketones (excluding diaryl/α,β-unsaturated/α-hetero) is 1. The highest BCUT2D eigenvalue weighted by molar-refractivity contribution is 5.96. The highest BCUT2D eigenvalue weighted by Crippen LogP contribution is 2.30. The van der Waals surface area contributed by atoms with Gasteiger partial charge in [0.15, 0.2) is 5.78 Å². The topological polar surface area (TPSA) is 26.3 Å². The van der Waals surface area contributed by atoms with Gasteiger partial charge in [0, 0.05) is 12.0 Å². The summed E-state index contributed by atoms with van der Waals surface area (Å²) in [5, 5.41) is 0. The molecule has 1 atom stereocenters. The second-order valence-corrected chi connectivity index (χ2v) is 4.80. The molecule has 0 amide bonds. The summed E-state index contributed by atoms with van der Waals surface area (Å²) in [5.41, 5.74) is 3.23. The van der Waals surface area contributed by atoms with Gasteiger partial charge in [-0.3, -0.25) is 4.79 Å². The van der Waals surface area contributed by atoms with E-state index in [4.69, 9.17) is 4.74 Å². The third-order valence-corrected chi connectivity index (χ3v) is 3.56. The van der Waals surface area contributed by atoms with Crippen molar-refractivity contribution in [1.29, 1.82) is 0 Å². The van der Waals surface area contributed by atoms with Crippen LogP contribution in [0.5, 0.6) is 0 Å². The molecule has 0 aliphatic carbocycles. The fourth-order valence-corrected chi connectivity index (χ4v) is 2.56. The van der Waals surface area contributed by atoms with Crippen LogP contribution in [0.15, 0.2) is 54.6 Å². The third-order valence-electron chi connectivity index (χ3n) is 3.56. The van der Waals surface area contributed by atoms with E-state index in [-0.39, 0.29) is 11.9 Å². The standard InChI is InChI=1S/C17H16O2/c18-16(14-7-2-1-3-8-14)12-17-15-9-5-4-6-13(15)10-11-19-17/h1-9,17H,10-12H2/t17-/m1/s1. The Labute approximate surface area is 113 Å². The van der Waals surface area contributed by atoms with Crippen molar-refractivity contribution < 1.29 is 9.53 Å². The van der Waals surface area contributed by atoms with Crippen LogP contribution in [0.3, 0.4) is 0 Å². The van der Waals surface area contributed by atoms with Gasteiger partial charge >= 0.3 is 0 Å². The van der Waals surface area contributed by atoms with Crippen molar-refractivity contribution in [2.45, 2.75) is 18.9 Å². The number of hydrogen-bond acceptors (Lipinski definition) is 2. The molecule has 1 aliphatic heterocycles. The third kappa shape index (κ3) is 2.59. The second-order valence-electron chi connectivity index (χ2n) is 4.80. The summed E-state index contributed by atoms with van der Waals surface area (Å²) in [4.78, 5) is 12.2. The first-order valence-corrected chi connectivity index (χ1v) is 6.62. The molecule has 96 valence electrons. The SMILES string of the molecule is O=C(C[C@H]1OCCc2ccccc21)c1ccccc1. The molecule has 0 N–H and O–H groups in total. The van der Waals surface area contributed by atoms with Gasteiger partial charge < -0.3 is 4.74 Å². The molecule has 0 spiro atoms.